The molecule has 0 amide bonds. The monoisotopic (exact) mass is 277 g/mol. The summed E-state index contributed by atoms with van der Waals surface area (Å²) in [6.07, 6.45) is 1.96. The summed E-state index contributed by atoms with van der Waals surface area (Å²) in [5, 5.41) is 4.66. The predicted molar refractivity (Wildman–Crippen MR) is 84.4 cm³/mol. The Hall–Kier alpha value is -2.75. The van der Waals surface area contributed by atoms with Gasteiger partial charge in [0.1, 0.15) is 5.52 Å². The molecule has 21 heavy (non-hydrogen) atoms. The molecule has 104 valence electrons. The highest BCUT2D eigenvalue weighted by Gasteiger charge is 2.03. The second kappa shape index (κ2) is 4.66. The smallest absolute Gasteiger partial charge is 0.192 e. The summed E-state index contributed by atoms with van der Waals surface area (Å²) in [7, 11) is 0. The van der Waals surface area contributed by atoms with E-state index < -0.39 is 0 Å². The van der Waals surface area contributed by atoms with Crippen LogP contribution in [0.15, 0.2) is 53.1 Å². The van der Waals surface area contributed by atoms with Crippen molar-refractivity contribution in [2.45, 2.75) is 13.5 Å². The molecule has 0 aliphatic carbocycles. The molecule has 2 aromatic carbocycles. The molecule has 0 aliphatic rings. The van der Waals surface area contributed by atoms with Crippen molar-refractivity contribution < 1.29 is 4.42 Å². The molecule has 2 N–H and O–H groups in total. The molecule has 0 spiro atoms. The molecule has 0 atom stereocenters. The first-order chi connectivity index (χ1) is 10.3. The fraction of sp³-hybridized carbons (Fsp3) is 0.118. The Bertz CT molecular complexity index is 920. The fourth-order valence-electron chi connectivity index (χ4n) is 2.57. The normalized spacial score (nSPS) is 11.3. The van der Waals surface area contributed by atoms with Crippen molar-refractivity contribution in [3.63, 3.8) is 0 Å². The molecule has 0 bridgehead atoms. The van der Waals surface area contributed by atoms with Gasteiger partial charge in [0.15, 0.2) is 11.5 Å². The molecule has 0 saturated heterocycles. The second-order valence-corrected chi connectivity index (χ2v) is 5.17. The number of nitrogens with zero attached hydrogens (tertiary/aromatic N) is 1. The molecule has 0 unspecified atom stereocenters. The Morgan fingerprint density at radius 3 is 3.05 bits per heavy atom. The van der Waals surface area contributed by atoms with Crippen LogP contribution in [-0.2, 0) is 6.54 Å². The van der Waals surface area contributed by atoms with Gasteiger partial charge in [-0.3, -0.25) is 0 Å². The summed E-state index contributed by atoms with van der Waals surface area (Å²) in [4.78, 5) is 7.56. The van der Waals surface area contributed by atoms with Crippen molar-refractivity contribution >= 4 is 27.7 Å². The number of aromatic amines is 1. The van der Waals surface area contributed by atoms with Crippen LogP contribution in [0.3, 0.4) is 0 Å². The van der Waals surface area contributed by atoms with Crippen LogP contribution in [0.1, 0.15) is 11.5 Å². The minimum atomic E-state index is 0.694. The van der Waals surface area contributed by atoms with Gasteiger partial charge in [-0.05, 0) is 47.3 Å². The maximum Gasteiger partial charge on any atom is 0.192 e. The van der Waals surface area contributed by atoms with Crippen LogP contribution in [0.4, 0.5) is 5.69 Å². The SMILES string of the molecule is Cc1nc2cc(NCc3ccc4[nH]ccc4c3)ccc2o1. The zero-order chi connectivity index (χ0) is 14.2. The largest absolute Gasteiger partial charge is 0.441 e. The van der Waals surface area contributed by atoms with Gasteiger partial charge in [0.05, 0.1) is 0 Å². The van der Waals surface area contributed by atoms with Gasteiger partial charge in [-0.15, -0.1) is 0 Å². The first kappa shape index (κ1) is 12.0. The molecular weight excluding hydrogens is 262 g/mol. The van der Waals surface area contributed by atoms with Crippen LogP contribution in [0.2, 0.25) is 0 Å². The molecule has 0 aliphatic heterocycles. The van der Waals surface area contributed by atoms with E-state index in [0.29, 0.717) is 5.89 Å². The van der Waals surface area contributed by atoms with Crippen LogP contribution in [0.5, 0.6) is 0 Å². The molecule has 4 nitrogen and oxygen atoms in total. The summed E-state index contributed by atoms with van der Waals surface area (Å²) >= 11 is 0. The van der Waals surface area contributed by atoms with Crippen LogP contribution < -0.4 is 5.32 Å². The summed E-state index contributed by atoms with van der Waals surface area (Å²) in [5.74, 6) is 0.694. The zero-order valence-corrected chi connectivity index (χ0v) is 11.7. The van der Waals surface area contributed by atoms with Crippen molar-refractivity contribution in [3.8, 4) is 0 Å². The molecule has 4 aromatic rings. The third-order valence-corrected chi connectivity index (χ3v) is 3.61. The van der Waals surface area contributed by atoms with E-state index in [0.717, 1.165) is 23.3 Å². The number of aromatic nitrogens is 2. The van der Waals surface area contributed by atoms with Gasteiger partial charge >= 0.3 is 0 Å². The Kier molecular flexibility index (Phi) is 2.67. The molecule has 4 rings (SSSR count). The standard InChI is InChI=1S/C17H15N3O/c1-11-20-16-9-14(3-5-17(16)21-11)19-10-12-2-4-15-13(8-12)6-7-18-15/h2-9,18-19H,10H2,1H3. The maximum atomic E-state index is 5.48. The van der Waals surface area contributed by atoms with Gasteiger partial charge in [-0.25, -0.2) is 4.98 Å². The summed E-state index contributed by atoms with van der Waals surface area (Å²) < 4.78 is 5.48. The zero-order valence-electron chi connectivity index (χ0n) is 11.7. The van der Waals surface area contributed by atoms with E-state index in [4.69, 9.17) is 4.42 Å². The van der Waals surface area contributed by atoms with Gasteiger partial charge in [0.25, 0.3) is 0 Å². The Balaban J connectivity index is 1.56. The molecule has 2 aromatic heterocycles. The third kappa shape index (κ3) is 2.25. The van der Waals surface area contributed by atoms with E-state index in [1.54, 1.807) is 0 Å². The van der Waals surface area contributed by atoms with Gasteiger partial charge in [-0.1, -0.05) is 6.07 Å². The maximum absolute atomic E-state index is 5.48. The highest BCUT2D eigenvalue weighted by molar-refractivity contribution is 5.80. The van der Waals surface area contributed by atoms with E-state index in [2.05, 4.69) is 39.6 Å². The quantitative estimate of drug-likeness (QED) is 0.589. The lowest BCUT2D eigenvalue weighted by Crippen LogP contribution is -1.98. The highest BCUT2D eigenvalue weighted by atomic mass is 16.3. The van der Waals surface area contributed by atoms with E-state index >= 15 is 0 Å². The average Bonchev–Trinajstić information content (AvgIpc) is 3.08. The highest BCUT2D eigenvalue weighted by Crippen LogP contribution is 2.21. The lowest BCUT2D eigenvalue weighted by atomic mass is 10.1. The molecule has 0 fully saturated rings. The average molecular weight is 277 g/mol. The van der Waals surface area contributed by atoms with Gasteiger partial charge in [0.2, 0.25) is 0 Å². The molecule has 4 heteroatoms. The number of anilines is 1. The number of hydrogen-bond donors (Lipinski definition) is 2. The molecule has 0 radical (unpaired) electrons. The van der Waals surface area contributed by atoms with Crippen LogP contribution >= 0.6 is 0 Å². The first-order valence-corrected chi connectivity index (χ1v) is 6.95. The van der Waals surface area contributed by atoms with Crippen molar-refractivity contribution in [2.24, 2.45) is 0 Å². The summed E-state index contributed by atoms with van der Waals surface area (Å²) in [6.45, 7) is 2.64. The predicted octanol–water partition coefficient (Wildman–Crippen LogP) is 4.23. The number of fused-ring (bicyclic) bond motifs is 2. The number of oxazole rings is 1. The van der Waals surface area contributed by atoms with Crippen molar-refractivity contribution in [2.75, 3.05) is 5.32 Å². The van der Waals surface area contributed by atoms with Crippen LogP contribution in [0, 0.1) is 6.92 Å². The van der Waals surface area contributed by atoms with E-state index in [-0.39, 0.29) is 0 Å². The van der Waals surface area contributed by atoms with Crippen molar-refractivity contribution in [1.82, 2.24) is 9.97 Å². The topological polar surface area (TPSA) is 53.9 Å². The molecule has 2 heterocycles. The number of H-pyrrole nitrogens is 1. The minimum Gasteiger partial charge on any atom is -0.441 e. The van der Waals surface area contributed by atoms with Crippen molar-refractivity contribution in [3.05, 3.63) is 60.1 Å². The number of nitrogens with one attached hydrogen (secondary N) is 2. The first-order valence-electron chi connectivity index (χ1n) is 6.95. The van der Waals surface area contributed by atoms with Crippen LogP contribution in [0.25, 0.3) is 22.0 Å². The van der Waals surface area contributed by atoms with Gasteiger partial charge < -0.3 is 14.7 Å². The summed E-state index contributed by atoms with van der Waals surface area (Å²) in [6, 6.07) is 14.5. The third-order valence-electron chi connectivity index (χ3n) is 3.61. The van der Waals surface area contributed by atoms with E-state index in [1.165, 1.54) is 16.5 Å². The number of rotatable bonds is 3. The number of benzene rings is 2. The molecule has 0 saturated carbocycles. The van der Waals surface area contributed by atoms with E-state index in [1.807, 2.05) is 31.3 Å². The lowest BCUT2D eigenvalue weighted by Gasteiger charge is -2.06. The molecular formula is C17H15N3O. The van der Waals surface area contributed by atoms with Crippen molar-refractivity contribution in [1.29, 1.82) is 0 Å². The number of hydrogen-bond acceptors (Lipinski definition) is 3. The van der Waals surface area contributed by atoms with Gasteiger partial charge in [-0.2, -0.15) is 0 Å². The fourth-order valence-corrected chi connectivity index (χ4v) is 2.57. The van der Waals surface area contributed by atoms with Crippen LogP contribution in [-0.4, -0.2) is 9.97 Å². The van der Waals surface area contributed by atoms with E-state index in [9.17, 15) is 0 Å². The number of aryl methyl sites for hydroxylation is 1. The minimum absolute atomic E-state index is 0.694. The summed E-state index contributed by atoms with van der Waals surface area (Å²) in [5.41, 5.74) is 5.17. The Morgan fingerprint density at radius 1 is 1.14 bits per heavy atom. The Labute approximate surface area is 121 Å². The Morgan fingerprint density at radius 2 is 2.10 bits per heavy atom. The van der Waals surface area contributed by atoms with Gasteiger partial charge in [0, 0.05) is 30.9 Å². The second-order valence-electron chi connectivity index (χ2n) is 5.17. The lowest BCUT2D eigenvalue weighted by molar-refractivity contribution is 0.561.